The van der Waals surface area contributed by atoms with E-state index >= 15 is 0 Å². The van der Waals surface area contributed by atoms with Crippen molar-refractivity contribution in [2.75, 3.05) is 0 Å². The molecule has 2 aromatic rings. The molecule has 1 aromatic heterocycles. The second kappa shape index (κ2) is 6.76. The maximum absolute atomic E-state index is 12.5. The summed E-state index contributed by atoms with van der Waals surface area (Å²) in [6.45, 7) is 1.96. The number of halogens is 1. The lowest BCUT2D eigenvalue weighted by Gasteiger charge is -2.14. The quantitative estimate of drug-likeness (QED) is 0.859. The van der Waals surface area contributed by atoms with Crippen molar-refractivity contribution in [1.29, 1.82) is 0 Å². The highest BCUT2D eigenvalue weighted by molar-refractivity contribution is 6.31. The van der Waals surface area contributed by atoms with E-state index in [4.69, 9.17) is 11.6 Å². The van der Waals surface area contributed by atoms with Gasteiger partial charge in [-0.3, -0.25) is 9.59 Å². The molecule has 2 fully saturated rings. The molecule has 134 valence electrons. The van der Waals surface area contributed by atoms with E-state index < -0.39 is 0 Å². The van der Waals surface area contributed by atoms with Crippen LogP contribution in [0.3, 0.4) is 0 Å². The predicted octanol–water partition coefficient (Wildman–Crippen LogP) is 3.92. The Kier molecular flexibility index (Phi) is 4.45. The number of aromatic nitrogens is 1. The van der Waals surface area contributed by atoms with Crippen molar-refractivity contribution >= 4 is 23.1 Å². The van der Waals surface area contributed by atoms with Gasteiger partial charge < -0.3 is 10.3 Å². The number of hydrogen-bond acceptors (Lipinski definition) is 2. The fourth-order valence-electron chi connectivity index (χ4n) is 3.48. The summed E-state index contributed by atoms with van der Waals surface area (Å²) >= 11 is 6.17. The molecule has 0 radical (unpaired) electrons. The molecule has 2 N–H and O–H groups in total. The number of aryl methyl sites for hydroxylation is 1. The Morgan fingerprint density at radius 1 is 1.15 bits per heavy atom. The molecule has 1 aliphatic heterocycles. The maximum Gasteiger partial charge on any atom is 0.251 e. The molecule has 1 saturated heterocycles. The molecule has 1 saturated carbocycles. The first-order valence-corrected chi connectivity index (χ1v) is 9.40. The van der Waals surface area contributed by atoms with Gasteiger partial charge in [-0.25, -0.2) is 0 Å². The Labute approximate surface area is 157 Å². The van der Waals surface area contributed by atoms with E-state index in [2.05, 4.69) is 10.3 Å². The minimum absolute atomic E-state index is 0.0166. The lowest BCUT2D eigenvalue weighted by atomic mass is 9.97. The smallest absolute Gasteiger partial charge is 0.251 e. The zero-order valence-corrected chi connectivity index (χ0v) is 15.4. The standard InChI is InChI=1S/C21H21ClN2O2/c1-12-10-14(4-7-18(12)22)17(11-15-5-9-20(25)23-15)19-8-6-16(13-2-3-13)21(26)24-19/h4,6-8,10-11,13,15H,2-3,5,9H2,1H3,(H,23,25)(H,24,26)/b17-11+/t15-/m1/s1. The summed E-state index contributed by atoms with van der Waals surface area (Å²) in [4.78, 5) is 27.1. The second-order valence-electron chi connectivity index (χ2n) is 7.19. The molecule has 2 heterocycles. The largest absolute Gasteiger partial charge is 0.350 e. The van der Waals surface area contributed by atoms with Gasteiger partial charge in [-0.15, -0.1) is 0 Å². The molecule has 2 aliphatic rings. The van der Waals surface area contributed by atoms with Crippen molar-refractivity contribution in [3.05, 3.63) is 74.2 Å². The van der Waals surface area contributed by atoms with E-state index in [0.717, 1.165) is 47.2 Å². The van der Waals surface area contributed by atoms with Gasteiger partial charge in [0.05, 0.1) is 0 Å². The number of rotatable bonds is 4. The number of amides is 1. The van der Waals surface area contributed by atoms with E-state index in [1.807, 2.05) is 43.3 Å². The van der Waals surface area contributed by atoms with Crippen molar-refractivity contribution < 1.29 is 4.79 Å². The molecule has 5 heteroatoms. The third-order valence-electron chi connectivity index (χ3n) is 5.11. The average molecular weight is 369 g/mol. The number of pyridine rings is 1. The Hall–Kier alpha value is -2.33. The Morgan fingerprint density at radius 2 is 1.96 bits per heavy atom. The normalized spacial score (nSPS) is 20.3. The number of H-pyrrole nitrogens is 1. The zero-order valence-electron chi connectivity index (χ0n) is 14.6. The predicted molar refractivity (Wildman–Crippen MR) is 103 cm³/mol. The van der Waals surface area contributed by atoms with Gasteiger partial charge in [-0.1, -0.05) is 29.8 Å². The summed E-state index contributed by atoms with van der Waals surface area (Å²) in [5.74, 6) is 0.475. The molecule has 1 aromatic carbocycles. The number of carbonyl (C=O) groups is 1. The Morgan fingerprint density at radius 3 is 2.58 bits per heavy atom. The van der Waals surface area contributed by atoms with E-state index in [-0.39, 0.29) is 17.5 Å². The number of benzene rings is 1. The SMILES string of the molecule is Cc1cc(/C(=C\[C@H]2CCC(=O)N2)c2ccc(C3CC3)c(=O)[nH]2)ccc1Cl. The number of carbonyl (C=O) groups excluding carboxylic acids is 1. The number of nitrogens with one attached hydrogen (secondary N) is 2. The molecule has 1 aliphatic carbocycles. The van der Waals surface area contributed by atoms with Crippen LogP contribution in [-0.2, 0) is 4.79 Å². The van der Waals surface area contributed by atoms with Crippen molar-refractivity contribution in [3.8, 4) is 0 Å². The fraction of sp³-hybridized carbons (Fsp3) is 0.333. The molecular weight excluding hydrogens is 348 g/mol. The highest BCUT2D eigenvalue weighted by Crippen LogP contribution is 2.38. The molecule has 26 heavy (non-hydrogen) atoms. The van der Waals surface area contributed by atoms with Crippen LogP contribution in [0.5, 0.6) is 0 Å². The van der Waals surface area contributed by atoms with Crippen molar-refractivity contribution in [3.63, 3.8) is 0 Å². The summed E-state index contributed by atoms with van der Waals surface area (Å²) < 4.78 is 0. The van der Waals surface area contributed by atoms with Crippen LogP contribution < -0.4 is 10.9 Å². The van der Waals surface area contributed by atoms with Gasteiger partial charge in [-0.2, -0.15) is 0 Å². The Balaban J connectivity index is 1.78. The fourth-order valence-corrected chi connectivity index (χ4v) is 3.59. The molecule has 4 rings (SSSR count). The highest BCUT2D eigenvalue weighted by Gasteiger charge is 2.26. The number of aromatic amines is 1. The lowest BCUT2D eigenvalue weighted by Crippen LogP contribution is -2.23. The van der Waals surface area contributed by atoms with Crippen LogP contribution in [-0.4, -0.2) is 16.9 Å². The van der Waals surface area contributed by atoms with Crippen LogP contribution in [0.15, 0.2) is 41.2 Å². The zero-order chi connectivity index (χ0) is 18.3. The van der Waals surface area contributed by atoms with Gasteiger partial charge in [0.25, 0.3) is 5.56 Å². The van der Waals surface area contributed by atoms with Gasteiger partial charge in [-0.05, 0) is 61.4 Å². The molecular formula is C21H21ClN2O2. The minimum atomic E-state index is -0.0277. The third-order valence-corrected chi connectivity index (χ3v) is 5.54. The van der Waals surface area contributed by atoms with E-state index in [9.17, 15) is 9.59 Å². The lowest BCUT2D eigenvalue weighted by molar-refractivity contribution is -0.119. The van der Waals surface area contributed by atoms with Crippen molar-refractivity contribution in [2.45, 2.75) is 44.6 Å². The molecule has 0 bridgehead atoms. The van der Waals surface area contributed by atoms with Gasteiger partial charge in [0.2, 0.25) is 5.91 Å². The summed E-state index contributed by atoms with van der Waals surface area (Å²) in [6.07, 6.45) is 5.52. The highest BCUT2D eigenvalue weighted by atomic mass is 35.5. The van der Waals surface area contributed by atoms with Gasteiger partial charge in [0, 0.05) is 34.3 Å². The van der Waals surface area contributed by atoms with Gasteiger partial charge in [0.1, 0.15) is 0 Å². The first-order valence-electron chi connectivity index (χ1n) is 9.02. The van der Waals surface area contributed by atoms with E-state index in [1.165, 1.54) is 0 Å². The van der Waals surface area contributed by atoms with Crippen molar-refractivity contribution in [2.24, 2.45) is 0 Å². The van der Waals surface area contributed by atoms with Gasteiger partial charge in [0.15, 0.2) is 0 Å². The first-order chi connectivity index (χ1) is 12.5. The topological polar surface area (TPSA) is 62.0 Å². The maximum atomic E-state index is 12.5. The van der Waals surface area contributed by atoms with Crippen LogP contribution in [0, 0.1) is 6.92 Å². The van der Waals surface area contributed by atoms with Crippen LogP contribution in [0.25, 0.3) is 5.57 Å². The van der Waals surface area contributed by atoms with Crippen LogP contribution in [0.1, 0.15) is 54.0 Å². The molecule has 4 nitrogen and oxygen atoms in total. The van der Waals surface area contributed by atoms with Crippen molar-refractivity contribution in [1.82, 2.24) is 10.3 Å². The summed E-state index contributed by atoms with van der Waals surface area (Å²) in [6, 6.07) is 9.71. The molecule has 1 atom stereocenters. The van der Waals surface area contributed by atoms with Gasteiger partial charge >= 0.3 is 0 Å². The van der Waals surface area contributed by atoms with Crippen LogP contribution in [0.2, 0.25) is 5.02 Å². The monoisotopic (exact) mass is 368 g/mol. The second-order valence-corrected chi connectivity index (χ2v) is 7.59. The minimum Gasteiger partial charge on any atom is -0.350 e. The summed E-state index contributed by atoms with van der Waals surface area (Å²) in [7, 11) is 0. The molecule has 0 unspecified atom stereocenters. The van der Waals surface area contributed by atoms with Crippen LogP contribution >= 0.6 is 11.6 Å². The average Bonchev–Trinajstić information content (AvgIpc) is 3.37. The van der Waals surface area contributed by atoms with Crippen LogP contribution in [0.4, 0.5) is 0 Å². The molecule has 0 spiro atoms. The summed E-state index contributed by atoms with van der Waals surface area (Å²) in [5.41, 5.74) is 4.48. The third kappa shape index (κ3) is 3.47. The number of hydrogen-bond donors (Lipinski definition) is 2. The molecule has 1 amide bonds. The first kappa shape index (κ1) is 17.1. The Bertz CT molecular complexity index is 957. The van der Waals surface area contributed by atoms with E-state index in [0.29, 0.717) is 17.4 Å². The van der Waals surface area contributed by atoms with E-state index in [1.54, 1.807) is 0 Å². The summed E-state index contributed by atoms with van der Waals surface area (Å²) in [5, 5.41) is 3.68.